The van der Waals surface area contributed by atoms with Gasteiger partial charge in [0.25, 0.3) is 0 Å². The molecule has 126 valence electrons. The van der Waals surface area contributed by atoms with Crippen molar-refractivity contribution < 1.29 is 9.59 Å². The van der Waals surface area contributed by atoms with Gasteiger partial charge in [-0.1, -0.05) is 30.3 Å². The lowest BCUT2D eigenvalue weighted by molar-refractivity contribution is -0.155. The molecule has 1 aromatic carbocycles. The molecule has 6 nitrogen and oxygen atoms in total. The number of amides is 2. The maximum Gasteiger partial charge on any atom is 0.245 e. The van der Waals surface area contributed by atoms with E-state index in [1.165, 1.54) is 5.56 Å². The number of aromatic nitrogens is 2. The zero-order valence-electron chi connectivity index (χ0n) is 14.1. The van der Waals surface area contributed by atoms with Crippen molar-refractivity contribution in [2.45, 2.75) is 25.9 Å². The fraction of sp³-hybridized carbons (Fsp3) is 0.389. The minimum Gasteiger partial charge on any atom is -0.337 e. The van der Waals surface area contributed by atoms with E-state index in [1.807, 2.05) is 48.1 Å². The summed E-state index contributed by atoms with van der Waals surface area (Å²) < 4.78 is 1.87. The number of rotatable bonds is 5. The topological polar surface area (TPSA) is 58.4 Å². The van der Waals surface area contributed by atoms with E-state index in [-0.39, 0.29) is 18.4 Å². The average Bonchev–Trinajstić information content (AvgIpc) is 2.99. The summed E-state index contributed by atoms with van der Waals surface area (Å²) in [6.45, 7) is 2.86. The first-order valence-electron chi connectivity index (χ1n) is 8.14. The number of carbonyl (C=O) groups excluding carboxylic acids is 2. The van der Waals surface area contributed by atoms with Crippen LogP contribution >= 0.6 is 0 Å². The minimum absolute atomic E-state index is 0.000240. The SMILES string of the molecule is C[C@H]1C(=O)N(CCc2ccccc2)CC(=O)N1Cc1nccn1C. The molecule has 0 radical (unpaired) electrons. The molecule has 0 N–H and O–H groups in total. The minimum atomic E-state index is -0.460. The van der Waals surface area contributed by atoms with E-state index in [9.17, 15) is 9.59 Å². The van der Waals surface area contributed by atoms with Crippen LogP contribution in [-0.4, -0.2) is 50.3 Å². The molecule has 0 bridgehead atoms. The zero-order valence-corrected chi connectivity index (χ0v) is 14.1. The van der Waals surface area contributed by atoms with E-state index in [4.69, 9.17) is 0 Å². The number of imidazole rings is 1. The van der Waals surface area contributed by atoms with E-state index in [2.05, 4.69) is 4.98 Å². The predicted octanol–water partition coefficient (Wildman–Crippen LogP) is 1.22. The van der Waals surface area contributed by atoms with Crippen molar-refractivity contribution in [3.63, 3.8) is 0 Å². The van der Waals surface area contributed by atoms with Crippen LogP contribution in [0.25, 0.3) is 0 Å². The van der Waals surface area contributed by atoms with Gasteiger partial charge >= 0.3 is 0 Å². The highest BCUT2D eigenvalue weighted by atomic mass is 16.2. The second kappa shape index (κ2) is 6.86. The molecular weight excluding hydrogens is 304 g/mol. The number of carbonyl (C=O) groups is 2. The van der Waals surface area contributed by atoms with Gasteiger partial charge < -0.3 is 14.4 Å². The highest BCUT2D eigenvalue weighted by Crippen LogP contribution is 2.16. The van der Waals surface area contributed by atoms with Crippen molar-refractivity contribution in [3.05, 3.63) is 54.1 Å². The van der Waals surface area contributed by atoms with E-state index in [0.29, 0.717) is 13.1 Å². The molecule has 1 saturated heterocycles. The molecule has 0 saturated carbocycles. The van der Waals surface area contributed by atoms with E-state index in [0.717, 1.165) is 12.2 Å². The number of piperazine rings is 1. The lowest BCUT2D eigenvalue weighted by Crippen LogP contribution is -2.58. The fourth-order valence-corrected chi connectivity index (χ4v) is 2.97. The van der Waals surface area contributed by atoms with Gasteiger partial charge in [0, 0.05) is 26.0 Å². The Labute approximate surface area is 141 Å². The largest absolute Gasteiger partial charge is 0.337 e. The van der Waals surface area contributed by atoms with Crippen molar-refractivity contribution in [2.24, 2.45) is 7.05 Å². The van der Waals surface area contributed by atoms with Crippen LogP contribution in [0.5, 0.6) is 0 Å². The molecule has 1 aliphatic heterocycles. The van der Waals surface area contributed by atoms with E-state index < -0.39 is 6.04 Å². The Kier molecular flexibility index (Phi) is 4.64. The Bertz CT molecular complexity index is 726. The summed E-state index contributed by atoms with van der Waals surface area (Å²) in [5.74, 6) is 0.749. The van der Waals surface area contributed by atoms with Crippen LogP contribution in [0.3, 0.4) is 0 Å². The summed E-state index contributed by atoms with van der Waals surface area (Å²) >= 11 is 0. The first-order chi connectivity index (χ1) is 11.6. The molecule has 24 heavy (non-hydrogen) atoms. The van der Waals surface area contributed by atoms with Gasteiger partial charge in [-0.25, -0.2) is 4.98 Å². The summed E-state index contributed by atoms with van der Waals surface area (Å²) in [5, 5.41) is 0. The van der Waals surface area contributed by atoms with Crippen molar-refractivity contribution in [2.75, 3.05) is 13.1 Å². The van der Waals surface area contributed by atoms with Gasteiger partial charge in [0.05, 0.1) is 13.1 Å². The number of hydrogen-bond acceptors (Lipinski definition) is 3. The molecule has 6 heteroatoms. The molecule has 2 amide bonds. The lowest BCUT2D eigenvalue weighted by Gasteiger charge is -2.38. The summed E-state index contributed by atoms with van der Waals surface area (Å²) in [6.07, 6.45) is 4.29. The van der Waals surface area contributed by atoms with Crippen molar-refractivity contribution in [3.8, 4) is 0 Å². The van der Waals surface area contributed by atoms with Gasteiger partial charge in [-0.3, -0.25) is 9.59 Å². The summed E-state index contributed by atoms with van der Waals surface area (Å²) in [4.78, 5) is 32.6. The first-order valence-corrected chi connectivity index (χ1v) is 8.14. The van der Waals surface area contributed by atoms with Crippen molar-refractivity contribution >= 4 is 11.8 Å². The zero-order chi connectivity index (χ0) is 17.1. The second-order valence-corrected chi connectivity index (χ2v) is 6.15. The molecule has 0 aliphatic carbocycles. The Hall–Kier alpha value is -2.63. The molecule has 3 rings (SSSR count). The lowest BCUT2D eigenvalue weighted by atomic mass is 10.1. The van der Waals surface area contributed by atoms with Gasteiger partial charge in [0.15, 0.2) is 0 Å². The second-order valence-electron chi connectivity index (χ2n) is 6.15. The Morgan fingerprint density at radius 1 is 1.21 bits per heavy atom. The fourth-order valence-electron chi connectivity index (χ4n) is 2.97. The van der Waals surface area contributed by atoms with Crippen LogP contribution in [0.15, 0.2) is 42.7 Å². The van der Waals surface area contributed by atoms with Crippen LogP contribution in [0, 0.1) is 0 Å². The van der Waals surface area contributed by atoms with Crippen LogP contribution in [0.1, 0.15) is 18.3 Å². The Balaban J connectivity index is 1.64. The quantitative estimate of drug-likeness (QED) is 0.830. The van der Waals surface area contributed by atoms with E-state index >= 15 is 0 Å². The maximum absolute atomic E-state index is 12.6. The van der Waals surface area contributed by atoms with Crippen molar-refractivity contribution in [1.29, 1.82) is 0 Å². The molecule has 0 unspecified atom stereocenters. The monoisotopic (exact) mass is 326 g/mol. The van der Waals surface area contributed by atoms with Crippen LogP contribution < -0.4 is 0 Å². The highest BCUT2D eigenvalue weighted by molar-refractivity contribution is 5.94. The molecule has 1 aromatic heterocycles. The smallest absolute Gasteiger partial charge is 0.245 e. The third-order valence-electron chi connectivity index (χ3n) is 4.53. The standard InChI is InChI=1S/C18H22N4O2/c1-14-18(24)21(10-8-15-6-4-3-5-7-15)13-17(23)22(14)12-16-19-9-11-20(16)2/h3-7,9,11,14H,8,10,12-13H2,1-2H3/t14-/m0/s1. The van der Waals surface area contributed by atoms with Gasteiger partial charge in [-0.05, 0) is 18.9 Å². The van der Waals surface area contributed by atoms with Gasteiger partial charge in [-0.2, -0.15) is 0 Å². The molecule has 1 fully saturated rings. The van der Waals surface area contributed by atoms with Crippen LogP contribution in [-0.2, 0) is 29.6 Å². The molecule has 1 atom stereocenters. The molecule has 0 spiro atoms. The molecule has 2 aromatic rings. The molecular formula is C18H22N4O2. The van der Waals surface area contributed by atoms with Crippen molar-refractivity contribution in [1.82, 2.24) is 19.4 Å². The van der Waals surface area contributed by atoms with Crippen LogP contribution in [0.2, 0.25) is 0 Å². The Morgan fingerprint density at radius 2 is 1.96 bits per heavy atom. The number of aryl methyl sites for hydroxylation is 1. The first kappa shape index (κ1) is 16.2. The number of benzene rings is 1. The molecule has 1 aliphatic rings. The summed E-state index contributed by atoms with van der Waals surface area (Å²) in [7, 11) is 1.88. The van der Waals surface area contributed by atoms with Gasteiger partial charge in [0.2, 0.25) is 11.8 Å². The number of hydrogen-bond donors (Lipinski definition) is 0. The average molecular weight is 326 g/mol. The normalized spacial score (nSPS) is 18.3. The Morgan fingerprint density at radius 3 is 2.62 bits per heavy atom. The third-order valence-corrected chi connectivity index (χ3v) is 4.53. The predicted molar refractivity (Wildman–Crippen MR) is 89.9 cm³/mol. The van der Waals surface area contributed by atoms with Gasteiger partial charge in [0.1, 0.15) is 11.9 Å². The summed E-state index contributed by atoms with van der Waals surface area (Å²) in [5.41, 5.74) is 1.17. The number of nitrogens with zero attached hydrogens (tertiary/aromatic N) is 4. The third kappa shape index (κ3) is 3.32. The summed E-state index contributed by atoms with van der Waals surface area (Å²) in [6, 6.07) is 9.54. The van der Waals surface area contributed by atoms with Gasteiger partial charge in [-0.15, -0.1) is 0 Å². The van der Waals surface area contributed by atoms with E-state index in [1.54, 1.807) is 22.9 Å². The molecule has 2 heterocycles. The van der Waals surface area contributed by atoms with Crippen LogP contribution in [0.4, 0.5) is 0 Å². The highest BCUT2D eigenvalue weighted by Gasteiger charge is 2.36. The maximum atomic E-state index is 12.6.